The fraction of sp³-hybridized carbons (Fsp3) is 0.278. The summed E-state index contributed by atoms with van der Waals surface area (Å²) in [6.07, 6.45) is 1.14. The van der Waals surface area contributed by atoms with Crippen molar-refractivity contribution < 1.29 is 4.74 Å². The van der Waals surface area contributed by atoms with Gasteiger partial charge < -0.3 is 15.8 Å². The van der Waals surface area contributed by atoms with E-state index in [-0.39, 0.29) is 24.0 Å². The van der Waals surface area contributed by atoms with Crippen molar-refractivity contribution in [1.82, 2.24) is 0 Å². The van der Waals surface area contributed by atoms with Gasteiger partial charge >= 0.3 is 0 Å². The molecule has 0 radical (unpaired) electrons. The number of hydrogen-bond donors (Lipinski definition) is 2. The van der Waals surface area contributed by atoms with E-state index in [1.54, 1.807) is 7.11 Å². The number of ether oxygens (including phenoxy) is 1. The van der Waals surface area contributed by atoms with E-state index >= 15 is 0 Å². The Morgan fingerprint density at radius 1 is 1.25 bits per heavy atom. The van der Waals surface area contributed by atoms with Gasteiger partial charge in [0.15, 0.2) is 5.96 Å². The molecule has 0 saturated heterocycles. The molecule has 0 amide bonds. The van der Waals surface area contributed by atoms with Crippen molar-refractivity contribution in [1.29, 1.82) is 0 Å². The molecule has 4 nitrogen and oxygen atoms in total. The van der Waals surface area contributed by atoms with Crippen LogP contribution in [-0.2, 0) is 6.42 Å². The van der Waals surface area contributed by atoms with Crippen LogP contribution in [0.15, 0.2) is 53.5 Å². The maximum absolute atomic E-state index is 6.01. The topological polar surface area (TPSA) is 59.6 Å². The van der Waals surface area contributed by atoms with Crippen molar-refractivity contribution in [3.05, 3.63) is 59.7 Å². The van der Waals surface area contributed by atoms with Gasteiger partial charge in [0.2, 0.25) is 0 Å². The zero-order valence-electron chi connectivity index (χ0n) is 13.6. The summed E-state index contributed by atoms with van der Waals surface area (Å²) in [5, 5.41) is 3.51. The van der Waals surface area contributed by atoms with Crippen LogP contribution in [0.4, 0.5) is 5.69 Å². The Kier molecular flexibility index (Phi) is 7.23. The molecule has 24 heavy (non-hydrogen) atoms. The van der Waals surface area contributed by atoms with E-state index in [1.165, 1.54) is 11.1 Å². The highest BCUT2D eigenvalue weighted by atomic mass is 127. The van der Waals surface area contributed by atoms with Gasteiger partial charge in [0.1, 0.15) is 5.75 Å². The molecule has 3 rings (SSSR count). The van der Waals surface area contributed by atoms with Crippen LogP contribution in [0.25, 0.3) is 0 Å². The lowest BCUT2D eigenvalue weighted by atomic mass is 10.0. The Labute approximate surface area is 164 Å². The van der Waals surface area contributed by atoms with E-state index < -0.39 is 0 Å². The number of guanidine groups is 1. The summed E-state index contributed by atoms with van der Waals surface area (Å²) in [7, 11) is 1.65. The number of nitrogens with two attached hydrogens (primary N) is 1. The molecule has 0 bridgehead atoms. The van der Waals surface area contributed by atoms with Crippen LogP contribution in [0.5, 0.6) is 5.75 Å². The van der Waals surface area contributed by atoms with Crippen LogP contribution in [0.3, 0.4) is 0 Å². The number of halogens is 1. The van der Waals surface area contributed by atoms with E-state index in [2.05, 4.69) is 34.6 Å². The van der Waals surface area contributed by atoms with E-state index in [0.717, 1.165) is 23.6 Å². The van der Waals surface area contributed by atoms with Gasteiger partial charge in [-0.05, 0) is 47.6 Å². The Morgan fingerprint density at radius 2 is 2.00 bits per heavy atom. The first-order chi connectivity index (χ1) is 11.3. The molecule has 128 valence electrons. The quantitative estimate of drug-likeness (QED) is 0.415. The molecule has 1 unspecified atom stereocenters. The zero-order valence-corrected chi connectivity index (χ0v) is 16.7. The van der Waals surface area contributed by atoms with Crippen molar-refractivity contribution >= 4 is 47.4 Å². The Bertz CT molecular complexity index is 691. The maximum Gasteiger partial charge on any atom is 0.193 e. The molecular formula is C18H22IN3OS. The fourth-order valence-electron chi connectivity index (χ4n) is 2.67. The van der Waals surface area contributed by atoms with Crippen molar-refractivity contribution in [3.8, 4) is 5.75 Å². The average molecular weight is 455 g/mol. The third kappa shape index (κ3) is 4.80. The van der Waals surface area contributed by atoms with E-state index in [9.17, 15) is 0 Å². The lowest BCUT2D eigenvalue weighted by Gasteiger charge is -2.23. The standard InChI is InChI=1S/C18H21N3OS.HI/c1-22-15-8-6-14(7-9-15)21-18(19)20-12-17-16-5-3-2-4-13(16)10-11-23-17;/h2-9,17H,10-12H2,1H3,(H3,19,20,21);1H. The Hall–Kier alpha value is -1.41. The number of hydrogen-bond acceptors (Lipinski definition) is 3. The number of thioether (sulfide) groups is 1. The summed E-state index contributed by atoms with van der Waals surface area (Å²) in [4.78, 5) is 4.52. The Morgan fingerprint density at radius 3 is 2.75 bits per heavy atom. The highest BCUT2D eigenvalue weighted by molar-refractivity contribution is 14.0. The normalized spacial score (nSPS) is 16.7. The first-order valence-electron chi connectivity index (χ1n) is 7.66. The number of anilines is 1. The van der Waals surface area contributed by atoms with Crippen molar-refractivity contribution in [2.24, 2.45) is 10.7 Å². The average Bonchev–Trinajstić information content (AvgIpc) is 2.60. The molecular weight excluding hydrogens is 433 g/mol. The van der Waals surface area contributed by atoms with Crippen LogP contribution < -0.4 is 15.8 Å². The van der Waals surface area contributed by atoms with Gasteiger partial charge in [0.05, 0.1) is 13.7 Å². The molecule has 1 aliphatic rings. The minimum Gasteiger partial charge on any atom is -0.497 e. The van der Waals surface area contributed by atoms with Gasteiger partial charge in [-0.15, -0.1) is 24.0 Å². The molecule has 0 fully saturated rings. The SMILES string of the molecule is COc1ccc(NC(N)=NCC2SCCc3ccccc32)cc1.I. The van der Waals surface area contributed by atoms with Crippen molar-refractivity contribution in [2.45, 2.75) is 11.7 Å². The predicted molar refractivity (Wildman–Crippen MR) is 114 cm³/mol. The largest absolute Gasteiger partial charge is 0.497 e. The van der Waals surface area contributed by atoms with Gasteiger partial charge in [0.25, 0.3) is 0 Å². The summed E-state index contributed by atoms with van der Waals surface area (Å²) in [5.74, 6) is 2.41. The summed E-state index contributed by atoms with van der Waals surface area (Å²) < 4.78 is 5.14. The number of nitrogens with zero attached hydrogens (tertiary/aromatic N) is 1. The predicted octanol–water partition coefficient (Wildman–Crippen LogP) is 4.07. The van der Waals surface area contributed by atoms with Crippen LogP contribution in [0.2, 0.25) is 0 Å². The highest BCUT2D eigenvalue weighted by Crippen LogP contribution is 2.36. The highest BCUT2D eigenvalue weighted by Gasteiger charge is 2.19. The Balaban J connectivity index is 0.00000208. The minimum atomic E-state index is 0. The smallest absolute Gasteiger partial charge is 0.193 e. The van der Waals surface area contributed by atoms with Gasteiger partial charge in [-0.3, -0.25) is 4.99 Å². The number of rotatable bonds is 4. The first kappa shape index (κ1) is 18.9. The monoisotopic (exact) mass is 455 g/mol. The van der Waals surface area contributed by atoms with Gasteiger partial charge in [-0.1, -0.05) is 24.3 Å². The molecule has 1 heterocycles. The molecule has 2 aromatic carbocycles. The van der Waals surface area contributed by atoms with Gasteiger partial charge in [-0.25, -0.2) is 0 Å². The molecule has 3 N–H and O–H groups in total. The van der Waals surface area contributed by atoms with Crippen LogP contribution in [0, 0.1) is 0 Å². The summed E-state index contributed by atoms with van der Waals surface area (Å²) in [6, 6.07) is 16.2. The minimum absolute atomic E-state index is 0. The molecule has 0 aromatic heterocycles. The van der Waals surface area contributed by atoms with Crippen molar-refractivity contribution in [3.63, 3.8) is 0 Å². The second-order valence-electron chi connectivity index (χ2n) is 5.39. The molecule has 1 atom stereocenters. The fourth-order valence-corrected chi connectivity index (χ4v) is 3.88. The van der Waals surface area contributed by atoms with Crippen LogP contribution in [-0.4, -0.2) is 25.4 Å². The number of aliphatic imine (C=N–C) groups is 1. The first-order valence-corrected chi connectivity index (χ1v) is 8.71. The number of fused-ring (bicyclic) bond motifs is 1. The third-order valence-electron chi connectivity index (χ3n) is 3.88. The molecule has 0 spiro atoms. The third-order valence-corrected chi connectivity index (χ3v) is 5.13. The molecule has 2 aromatic rings. The van der Waals surface area contributed by atoms with Gasteiger partial charge in [0, 0.05) is 10.9 Å². The van der Waals surface area contributed by atoms with E-state index in [0.29, 0.717) is 17.8 Å². The molecule has 1 aliphatic heterocycles. The van der Waals surface area contributed by atoms with Crippen molar-refractivity contribution in [2.75, 3.05) is 24.7 Å². The summed E-state index contributed by atoms with van der Waals surface area (Å²) >= 11 is 1.95. The zero-order chi connectivity index (χ0) is 16.1. The molecule has 0 aliphatic carbocycles. The van der Waals surface area contributed by atoms with Crippen LogP contribution in [0.1, 0.15) is 16.4 Å². The molecule has 6 heteroatoms. The number of benzene rings is 2. The maximum atomic E-state index is 6.01. The lowest BCUT2D eigenvalue weighted by Crippen LogP contribution is -2.23. The van der Waals surface area contributed by atoms with Gasteiger partial charge in [-0.2, -0.15) is 11.8 Å². The molecule has 0 saturated carbocycles. The number of aryl methyl sites for hydroxylation is 1. The number of methoxy groups -OCH3 is 1. The summed E-state index contributed by atoms with van der Waals surface area (Å²) in [6.45, 7) is 0.691. The second-order valence-corrected chi connectivity index (χ2v) is 6.70. The lowest BCUT2D eigenvalue weighted by molar-refractivity contribution is 0.415. The second kappa shape index (κ2) is 9.17. The van der Waals surface area contributed by atoms with Crippen LogP contribution >= 0.6 is 35.7 Å². The number of nitrogens with one attached hydrogen (secondary N) is 1. The summed E-state index contributed by atoms with van der Waals surface area (Å²) in [5.41, 5.74) is 9.75. The van der Waals surface area contributed by atoms with E-state index in [1.807, 2.05) is 36.0 Å². The van der Waals surface area contributed by atoms with E-state index in [4.69, 9.17) is 10.5 Å².